The molecular weight excluding hydrogens is 283 g/mol. The van der Waals surface area contributed by atoms with Crippen LogP contribution in [0.15, 0.2) is 24.3 Å². The summed E-state index contributed by atoms with van der Waals surface area (Å²) in [5, 5.41) is 2.66. The third-order valence-corrected chi connectivity index (χ3v) is 3.02. The summed E-state index contributed by atoms with van der Waals surface area (Å²) in [6, 6.07) is 5.89. The standard InChI is InChI=1S/C12H19N2O5P/c1-18-7-11(8-19-20(2,16)17)14-12(15)9-3-5-10(13)6-4-9/h3-6,11H,7-8,13H2,1-2H3,(H,14,15)(H,16,17). The summed E-state index contributed by atoms with van der Waals surface area (Å²) in [5.74, 6) is -0.334. The fourth-order valence-electron chi connectivity index (χ4n) is 1.46. The molecule has 0 saturated heterocycles. The molecule has 0 fully saturated rings. The zero-order chi connectivity index (χ0) is 15.2. The van der Waals surface area contributed by atoms with Crippen LogP contribution in [0.25, 0.3) is 0 Å². The third-order valence-electron chi connectivity index (χ3n) is 2.39. The van der Waals surface area contributed by atoms with E-state index in [0.717, 1.165) is 6.66 Å². The van der Waals surface area contributed by atoms with Gasteiger partial charge in [-0.15, -0.1) is 0 Å². The van der Waals surface area contributed by atoms with E-state index < -0.39 is 13.6 Å². The molecule has 112 valence electrons. The van der Waals surface area contributed by atoms with Gasteiger partial charge >= 0.3 is 7.60 Å². The fourth-order valence-corrected chi connectivity index (χ4v) is 1.92. The van der Waals surface area contributed by atoms with Gasteiger partial charge in [0.05, 0.1) is 19.3 Å². The zero-order valence-electron chi connectivity index (χ0n) is 11.4. The molecule has 2 atom stereocenters. The number of nitrogen functional groups attached to an aromatic ring is 1. The van der Waals surface area contributed by atoms with E-state index in [2.05, 4.69) is 5.32 Å². The fraction of sp³-hybridized carbons (Fsp3) is 0.417. The molecule has 1 amide bonds. The van der Waals surface area contributed by atoms with E-state index in [-0.39, 0.29) is 19.1 Å². The molecule has 4 N–H and O–H groups in total. The summed E-state index contributed by atoms with van der Waals surface area (Å²) < 4.78 is 20.8. The lowest BCUT2D eigenvalue weighted by atomic mass is 10.2. The van der Waals surface area contributed by atoms with Crippen LogP contribution in [0, 0.1) is 0 Å². The van der Waals surface area contributed by atoms with E-state index in [4.69, 9.17) is 19.9 Å². The van der Waals surface area contributed by atoms with Crippen molar-refractivity contribution >= 4 is 19.2 Å². The summed E-state index contributed by atoms with van der Waals surface area (Å²) >= 11 is 0. The van der Waals surface area contributed by atoms with Crippen molar-refractivity contribution in [2.75, 3.05) is 32.7 Å². The Balaban J connectivity index is 2.62. The number of amides is 1. The van der Waals surface area contributed by atoms with E-state index in [1.54, 1.807) is 24.3 Å². The zero-order valence-corrected chi connectivity index (χ0v) is 12.3. The molecule has 0 aliphatic carbocycles. The quantitative estimate of drug-likeness (QED) is 0.508. The van der Waals surface area contributed by atoms with Crippen molar-refractivity contribution < 1.29 is 23.5 Å². The highest BCUT2D eigenvalue weighted by Crippen LogP contribution is 2.36. The van der Waals surface area contributed by atoms with Gasteiger partial charge in [0.15, 0.2) is 0 Å². The van der Waals surface area contributed by atoms with Crippen molar-refractivity contribution in [3.63, 3.8) is 0 Å². The summed E-state index contributed by atoms with van der Waals surface area (Å²) in [4.78, 5) is 21.1. The molecule has 0 bridgehead atoms. The lowest BCUT2D eigenvalue weighted by Crippen LogP contribution is -2.41. The minimum Gasteiger partial charge on any atom is -0.399 e. The van der Waals surface area contributed by atoms with Crippen molar-refractivity contribution in [1.29, 1.82) is 0 Å². The average Bonchev–Trinajstić information content (AvgIpc) is 2.36. The Kier molecular flexibility index (Phi) is 6.16. The second-order valence-corrected chi connectivity index (χ2v) is 6.21. The maximum absolute atomic E-state index is 12.0. The minimum absolute atomic E-state index is 0.112. The highest BCUT2D eigenvalue weighted by Gasteiger charge is 2.18. The molecule has 1 aromatic rings. The average molecular weight is 302 g/mol. The highest BCUT2D eigenvalue weighted by molar-refractivity contribution is 7.51. The molecule has 0 aliphatic heterocycles. The van der Waals surface area contributed by atoms with Crippen LogP contribution in [0.4, 0.5) is 5.69 Å². The highest BCUT2D eigenvalue weighted by atomic mass is 31.2. The topological polar surface area (TPSA) is 111 Å². The molecule has 8 heteroatoms. The number of carbonyl (C=O) groups excluding carboxylic acids is 1. The first-order valence-corrected chi connectivity index (χ1v) is 7.94. The van der Waals surface area contributed by atoms with Crippen LogP contribution >= 0.6 is 7.60 Å². The van der Waals surface area contributed by atoms with Crippen molar-refractivity contribution in [3.05, 3.63) is 29.8 Å². The number of carbonyl (C=O) groups is 1. The van der Waals surface area contributed by atoms with Gasteiger partial charge in [0.25, 0.3) is 5.91 Å². The number of benzene rings is 1. The lowest BCUT2D eigenvalue weighted by Gasteiger charge is -2.19. The number of nitrogens with two attached hydrogens (primary N) is 1. The molecule has 0 heterocycles. The molecule has 0 aliphatic rings. The first-order chi connectivity index (χ1) is 9.31. The summed E-state index contributed by atoms with van der Waals surface area (Å²) in [7, 11) is -2.12. The predicted molar refractivity (Wildman–Crippen MR) is 75.7 cm³/mol. The minimum atomic E-state index is -3.59. The predicted octanol–water partition coefficient (Wildman–Crippen LogP) is 0.845. The molecule has 0 radical (unpaired) electrons. The van der Waals surface area contributed by atoms with Crippen LogP contribution in [0.2, 0.25) is 0 Å². The van der Waals surface area contributed by atoms with Crippen LogP contribution in [-0.2, 0) is 13.8 Å². The summed E-state index contributed by atoms with van der Waals surface area (Å²) in [6.07, 6.45) is 0. The Morgan fingerprint density at radius 3 is 2.50 bits per heavy atom. The Hall–Kier alpha value is -1.40. The number of nitrogens with one attached hydrogen (secondary N) is 1. The van der Waals surface area contributed by atoms with Crippen molar-refractivity contribution in [1.82, 2.24) is 5.32 Å². The second-order valence-electron chi connectivity index (χ2n) is 4.35. The first kappa shape index (κ1) is 16.7. The van der Waals surface area contributed by atoms with Gasteiger partial charge in [0.2, 0.25) is 0 Å². The molecule has 0 spiro atoms. The number of rotatable bonds is 7. The summed E-state index contributed by atoms with van der Waals surface area (Å²) in [5.41, 5.74) is 6.54. The van der Waals surface area contributed by atoms with Crippen LogP contribution in [0.5, 0.6) is 0 Å². The van der Waals surface area contributed by atoms with E-state index >= 15 is 0 Å². The molecule has 1 rings (SSSR count). The van der Waals surface area contributed by atoms with Gasteiger partial charge in [-0.1, -0.05) is 0 Å². The largest absolute Gasteiger partial charge is 0.399 e. The number of anilines is 1. The third kappa shape index (κ3) is 6.16. The van der Waals surface area contributed by atoms with E-state index in [1.807, 2.05) is 0 Å². The lowest BCUT2D eigenvalue weighted by molar-refractivity contribution is 0.0846. The Labute approximate surface area is 117 Å². The van der Waals surface area contributed by atoms with E-state index in [0.29, 0.717) is 11.3 Å². The molecule has 0 saturated carbocycles. The van der Waals surface area contributed by atoms with Gasteiger partial charge < -0.3 is 25.2 Å². The monoisotopic (exact) mass is 302 g/mol. The van der Waals surface area contributed by atoms with Crippen LogP contribution < -0.4 is 11.1 Å². The van der Waals surface area contributed by atoms with Gasteiger partial charge in [-0.2, -0.15) is 0 Å². The van der Waals surface area contributed by atoms with E-state index in [1.165, 1.54) is 7.11 Å². The Bertz CT molecular complexity index is 485. The molecule has 1 aromatic carbocycles. The summed E-state index contributed by atoms with van der Waals surface area (Å²) in [6.45, 7) is 1.14. The molecule has 0 aromatic heterocycles. The normalized spacial score (nSPS) is 15.3. The SMILES string of the molecule is COCC(COP(C)(=O)O)NC(=O)c1ccc(N)cc1. The number of ether oxygens (including phenoxy) is 1. The number of hydrogen-bond donors (Lipinski definition) is 3. The number of methoxy groups -OCH3 is 1. The molecule has 2 unspecified atom stereocenters. The van der Waals surface area contributed by atoms with Gasteiger partial charge in [0.1, 0.15) is 0 Å². The smallest absolute Gasteiger partial charge is 0.325 e. The van der Waals surface area contributed by atoms with Gasteiger partial charge in [-0.05, 0) is 24.3 Å². The van der Waals surface area contributed by atoms with Crippen LogP contribution in [0.1, 0.15) is 10.4 Å². The Morgan fingerprint density at radius 2 is 2.00 bits per heavy atom. The van der Waals surface area contributed by atoms with Gasteiger partial charge in [0, 0.05) is 25.0 Å². The maximum Gasteiger partial charge on any atom is 0.325 e. The van der Waals surface area contributed by atoms with Crippen LogP contribution in [-0.4, -0.2) is 43.8 Å². The Morgan fingerprint density at radius 1 is 1.40 bits per heavy atom. The van der Waals surface area contributed by atoms with Gasteiger partial charge in [-0.25, -0.2) is 0 Å². The van der Waals surface area contributed by atoms with Gasteiger partial charge in [-0.3, -0.25) is 9.36 Å². The second kappa shape index (κ2) is 7.40. The molecular formula is C12H19N2O5P. The van der Waals surface area contributed by atoms with Crippen molar-refractivity contribution in [2.24, 2.45) is 0 Å². The molecule has 20 heavy (non-hydrogen) atoms. The number of hydrogen-bond acceptors (Lipinski definition) is 5. The molecule has 7 nitrogen and oxygen atoms in total. The van der Waals surface area contributed by atoms with Crippen LogP contribution in [0.3, 0.4) is 0 Å². The van der Waals surface area contributed by atoms with E-state index in [9.17, 15) is 9.36 Å². The first-order valence-electron chi connectivity index (χ1n) is 5.92. The maximum atomic E-state index is 12.0. The van der Waals surface area contributed by atoms with Crippen molar-refractivity contribution in [2.45, 2.75) is 6.04 Å². The van der Waals surface area contributed by atoms with Crippen molar-refractivity contribution in [3.8, 4) is 0 Å².